The van der Waals surface area contributed by atoms with Crippen LogP contribution >= 0.6 is 0 Å². The topological polar surface area (TPSA) is 44.6 Å². The summed E-state index contributed by atoms with van der Waals surface area (Å²) in [4.78, 5) is 2.62. The lowest BCUT2D eigenvalue weighted by Crippen LogP contribution is -2.17. The molecule has 134 valence electrons. The number of nitrogens with one attached hydrogen (secondary N) is 2. The number of aromatic amines is 1. The molecule has 2 aromatic rings. The van der Waals surface area contributed by atoms with Gasteiger partial charge < -0.3 is 9.47 Å². The zero-order chi connectivity index (χ0) is 18.0. The molecular weight excluding hydrogens is 333 g/mol. The van der Waals surface area contributed by atoms with E-state index in [0.717, 1.165) is 41.3 Å². The summed E-state index contributed by atoms with van der Waals surface area (Å²) in [6, 6.07) is 6.32. The number of halogens is 3. The molecule has 1 aliphatic heterocycles. The van der Waals surface area contributed by atoms with Crippen LogP contribution in [-0.2, 0) is 19.1 Å². The van der Waals surface area contributed by atoms with Crippen molar-refractivity contribution in [3.8, 4) is 11.5 Å². The lowest BCUT2D eigenvalue weighted by Gasteiger charge is -2.11. The van der Waals surface area contributed by atoms with Crippen LogP contribution in [0.1, 0.15) is 30.5 Å². The minimum atomic E-state index is -4.36. The Hall–Kier alpha value is -2.44. The number of aromatic nitrogens is 1. The van der Waals surface area contributed by atoms with Gasteiger partial charge in [0.25, 0.3) is 5.82 Å². The predicted octanol–water partition coefficient (Wildman–Crippen LogP) is 3.85. The molecule has 4 nitrogen and oxygen atoms in total. The predicted molar refractivity (Wildman–Crippen MR) is 86.7 cm³/mol. The molecule has 0 radical (unpaired) electrons. The number of alkyl halides is 3. The van der Waals surface area contributed by atoms with Gasteiger partial charge in [0.05, 0.1) is 12.2 Å². The van der Waals surface area contributed by atoms with Crippen molar-refractivity contribution >= 4 is 5.82 Å². The summed E-state index contributed by atoms with van der Waals surface area (Å²) < 4.78 is 49.3. The van der Waals surface area contributed by atoms with Gasteiger partial charge in [-0.15, -0.1) is 0 Å². The van der Waals surface area contributed by atoms with Crippen LogP contribution in [0.2, 0.25) is 0 Å². The maximum absolute atomic E-state index is 12.6. The first-order valence-corrected chi connectivity index (χ1v) is 8.15. The van der Waals surface area contributed by atoms with Crippen LogP contribution in [0.5, 0.6) is 11.5 Å². The smallest absolute Gasteiger partial charge is 0.419 e. The summed E-state index contributed by atoms with van der Waals surface area (Å²) >= 11 is 0. The second kappa shape index (κ2) is 6.82. The van der Waals surface area contributed by atoms with Gasteiger partial charge in [0.1, 0.15) is 30.3 Å². The molecule has 1 atom stereocenters. The quantitative estimate of drug-likeness (QED) is 0.888. The summed E-state index contributed by atoms with van der Waals surface area (Å²) in [6.45, 7) is 4.86. The van der Waals surface area contributed by atoms with Crippen molar-refractivity contribution in [2.24, 2.45) is 0 Å². The molecule has 0 saturated carbocycles. The van der Waals surface area contributed by atoms with E-state index in [1.54, 1.807) is 0 Å². The first-order valence-electron chi connectivity index (χ1n) is 8.15. The second-order valence-corrected chi connectivity index (χ2v) is 5.98. The standard InChI is InChI=1S/C18H19F3N2O2/c1-3-24-15-7-12-6-11(2)25-16(12)8-13(15)9-22-17-5-4-14(10-23-17)18(19,20)21/h4-5,7-8,10-11H,3,6,9H2,1-2H3,(H,22,23)/p+1/t11-/m0/s1. The van der Waals surface area contributed by atoms with Crippen molar-refractivity contribution < 1.29 is 27.6 Å². The highest BCUT2D eigenvalue weighted by Gasteiger charge is 2.31. The fraction of sp³-hybridized carbons (Fsp3) is 0.389. The Balaban J connectivity index is 1.75. The van der Waals surface area contributed by atoms with E-state index in [4.69, 9.17) is 9.47 Å². The van der Waals surface area contributed by atoms with Crippen LogP contribution < -0.4 is 19.8 Å². The molecule has 0 fully saturated rings. The van der Waals surface area contributed by atoms with Crippen molar-refractivity contribution in [2.75, 3.05) is 11.9 Å². The first-order chi connectivity index (χ1) is 11.9. The fourth-order valence-electron chi connectivity index (χ4n) is 2.81. The van der Waals surface area contributed by atoms with Gasteiger partial charge in [-0.05, 0) is 32.0 Å². The van der Waals surface area contributed by atoms with Crippen LogP contribution in [-0.4, -0.2) is 12.7 Å². The van der Waals surface area contributed by atoms with Gasteiger partial charge in [-0.25, -0.2) is 4.98 Å². The van der Waals surface area contributed by atoms with Crippen LogP contribution in [0.15, 0.2) is 30.5 Å². The number of anilines is 1. The number of ether oxygens (including phenoxy) is 2. The molecule has 0 spiro atoms. The lowest BCUT2D eigenvalue weighted by molar-refractivity contribution is -0.364. The Kier molecular flexibility index (Phi) is 4.74. The van der Waals surface area contributed by atoms with Crippen molar-refractivity contribution in [2.45, 2.75) is 39.1 Å². The zero-order valence-corrected chi connectivity index (χ0v) is 14.0. The van der Waals surface area contributed by atoms with Crippen LogP contribution in [0.4, 0.5) is 19.0 Å². The van der Waals surface area contributed by atoms with E-state index in [1.807, 2.05) is 26.0 Å². The highest BCUT2D eigenvalue weighted by Crippen LogP contribution is 2.35. The van der Waals surface area contributed by atoms with E-state index in [9.17, 15) is 13.2 Å². The van der Waals surface area contributed by atoms with Gasteiger partial charge in [0, 0.05) is 23.6 Å². The van der Waals surface area contributed by atoms with E-state index in [2.05, 4.69) is 10.3 Å². The molecule has 1 aliphatic rings. The molecule has 2 heterocycles. The van der Waals surface area contributed by atoms with Crippen molar-refractivity contribution in [3.63, 3.8) is 0 Å². The Morgan fingerprint density at radius 1 is 1.32 bits per heavy atom. The molecule has 0 amide bonds. The van der Waals surface area contributed by atoms with E-state index in [1.165, 1.54) is 6.07 Å². The number of hydrogen-bond donors (Lipinski definition) is 1. The maximum Gasteiger partial charge on any atom is 0.419 e. The number of hydrogen-bond acceptors (Lipinski definition) is 3. The number of fused-ring (bicyclic) bond motifs is 1. The molecule has 3 rings (SSSR count). The molecule has 2 N–H and O–H groups in total. The molecule has 1 aromatic carbocycles. The molecule has 7 heteroatoms. The van der Waals surface area contributed by atoms with Gasteiger partial charge >= 0.3 is 6.18 Å². The largest absolute Gasteiger partial charge is 0.493 e. The van der Waals surface area contributed by atoms with Crippen LogP contribution in [0.25, 0.3) is 0 Å². The SMILES string of the molecule is CCOc1cc2c(cc1CNc1ccc(C(F)(F)F)c[nH+]1)O[C@@H](C)C2. The molecular formula is C18H20F3N2O2+. The summed E-state index contributed by atoms with van der Waals surface area (Å²) in [7, 11) is 0. The van der Waals surface area contributed by atoms with Gasteiger partial charge in [-0.1, -0.05) is 0 Å². The van der Waals surface area contributed by atoms with E-state index >= 15 is 0 Å². The van der Waals surface area contributed by atoms with E-state index in [-0.39, 0.29) is 6.10 Å². The normalized spacial score (nSPS) is 16.3. The minimum absolute atomic E-state index is 0.135. The molecule has 0 unspecified atom stereocenters. The number of pyridine rings is 1. The van der Waals surface area contributed by atoms with Gasteiger partial charge in [-0.3, -0.25) is 5.32 Å². The first kappa shape index (κ1) is 17.4. The summed E-state index contributed by atoms with van der Waals surface area (Å²) in [5.74, 6) is 2.09. The van der Waals surface area contributed by atoms with Gasteiger partial charge in [-0.2, -0.15) is 13.2 Å². The summed E-state index contributed by atoms with van der Waals surface area (Å²) in [5.41, 5.74) is 1.29. The van der Waals surface area contributed by atoms with E-state index in [0.29, 0.717) is 19.0 Å². The Labute approximate surface area is 144 Å². The van der Waals surface area contributed by atoms with Crippen LogP contribution in [0, 0.1) is 0 Å². The third-order valence-corrected chi connectivity index (χ3v) is 3.99. The minimum Gasteiger partial charge on any atom is -0.493 e. The van der Waals surface area contributed by atoms with Crippen molar-refractivity contribution in [1.29, 1.82) is 0 Å². The number of benzene rings is 1. The lowest BCUT2D eigenvalue weighted by atomic mass is 10.1. The molecule has 0 bridgehead atoms. The summed E-state index contributed by atoms with van der Waals surface area (Å²) in [5, 5.41) is 3.08. The monoisotopic (exact) mass is 353 g/mol. The van der Waals surface area contributed by atoms with Gasteiger partial charge in [0.15, 0.2) is 0 Å². The molecule has 0 aliphatic carbocycles. The average molecular weight is 353 g/mol. The zero-order valence-electron chi connectivity index (χ0n) is 14.0. The summed E-state index contributed by atoms with van der Waals surface area (Å²) in [6.07, 6.45) is -2.43. The number of rotatable bonds is 5. The van der Waals surface area contributed by atoms with E-state index < -0.39 is 11.7 Å². The maximum atomic E-state index is 12.6. The third-order valence-electron chi connectivity index (χ3n) is 3.99. The fourth-order valence-corrected chi connectivity index (χ4v) is 2.81. The van der Waals surface area contributed by atoms with Crippen molar-refractivity contribution in [3.05, 3.63) is 47.2 Å². The third kappa shape index (κ3) is 3.97. The highest BCUT2D eigenvalue weighted by atomic mass is 19.4. The van der Waals surface area contributed by atoms with Gasteiger partial charge in [0.2, 0.25) is 0 Å². The van der Waals surface area contributed by atoms with Crippen LogP contribution in [0.3, 0.4) is 0 Å². The number of H-pyrrole nitrogens is 1. The average Bonchev–Trinajstić information content (AvgIpc) is 2.91. The highest BCUT2D eigenvalue weighted by molar-refractivity contribution is 5.49. The molecule has 25 heavy (non-hydrogen) atoms. The molecule has 0 saturated heterocycles. The van der Waals surface area contributed by atoms with Crippen molar-refractivity contribution in [1.82, 2.24) is 0 Å². The Morgan fingerprint density at radius 2 is 2.12 bits per heavy atom. The molecule has 1 aromatic heterocycles. The Bertz CT molecular complexity index is 745. The second-order valence-electron chi connectivity index (χ2n) is 5.98. The Morgan fingerprint density at radius 3 is 2.76 bits per heavy atom.